The molecule has 3 N–H and O–H groups in total. The number of amides is 1. The molecule has 110 valence electrons. The van der Waals surface area contributed by atoms with Crippen molar-refractivity contribution in [3.8, 4) is 0 Å². The fourth-order valence-electron chi connectivity index (χ4n) is 1.64. The lowest BCUT2D eigenvalue weighted by Crippen LogP contribution is -2.15. The second-order valence-corrected chi connectivity index (χ2v) is 6.37. The van der Waals surface area contributed by atoms with E-state index in [1.54, 1.807) is 30.3 Å². The number of rotatable bonds is 4. The first-order valence-electron chi connectivity index (χ1n) is 5.86. The SMILES string of the molecule is NS(=O)(=O)Cc1ccc(NC(=O)c2cc(Cl)ccn2)cc1. The molecule has 1 aromatic heterocycles. The molecule has 21 heavy (non-hydrogen) atoms. The minimum absolute atomic E-state index is 0.191. The highest BCUT2D eigenvalue weighted by Crippen LogP contribution is 2.13. The Morgan fingerprint density at radius 1 is 1.24 bits per heavy atom. The Bertz CT molecular complexity index is 760. The van der Waals surface area contributed by atoms with Crippen molar-refractivity contribution in [2.24, 2.45) is 5.14 Å². The maximum Gasteiger partial charge on any atom is 0.274 e. The summed E-state index contributed by atoms with van der Waals surface area (Å²) in [6.45, 7) is 0. The van der Waals surface area contributed by atoms with Crippen molar-refractivity contribution < 1.29 is 13.2 Å². The molecule has 6 nitrogen and oxygen atoms in total. The molecule has 0 unspecified atom stereocenters. The van der Waals surface area contributed by atoms with Crippen LogP contribution in [0, 0.1) is 0 Å². The zero-order chi connectivity index (χ0) is 15.5. The number of carbonyl (C=O) groups is 1. The number of pyridine rings is 1. The van der Waals surface area contributed by atoms with E-state index in [1.807, 2.05) is 0 Å². The van der Waals surface area contributed by atoms with Gasteiger partial charge in [-0.3, -0.25) is 9.78 Å². The molecule has 0 spiro atoms. The van der Waals surface area contributed by atoms with Crippen molar-refractivity contribution in [2.45, 2.75) is 5.75 Å². The van der Waals surface area contributed by atoms with E-state index in [1.165, 1.54) is 12.3 Å². The first kappa shape index (κ1) is 15.4. The summed E-state index contributed by atoms with van der Waals surface area (Å²) < 4.78 is 21.9. The molecular formula is C13H12ClN3O3S. The van der Waals surface area contributed by atoms with Gasteiger partial charge >= 0.3 is 0 Å². The Kier molecular flexibility index (Phi) is 4.56. The summed E-state index contributed by atoms with van der Waals surface area (Å²) in [5.74, 6) is -0.659. The van der Waals surface area contributed by atoms with Gasteiger partial charge in [-0.15, -0.1) is 0 Å². The fourth-order valence-corrected chi connectivity index (χ4v) is 2.46. The molecule has 0 radical (unpaired) electrons. The van der Waals surface area contributed by atoms with Crippen molar-refractivity contribution >= 4 is 33.2 Å². The number of nitrogens with two attached hydrogens (primary N) is 1. The van der Waals surface area contributed by atoms with E-state index >= 15 is 0 Å². The molecular weight excluding hydrogens is 314 g/mol. The third kappa shape index (κ3) is 4.82. The molecule has 0 fully saturated rings. The van der Waals surface area contributed by atoms with Gasteiger partial charge in [0.15, 0.2) is 0 Å². The van der Waals surface area contributed by atoms with Gasteiger partial charge in [-0.1, -0.05) is 23.7 Å². The molecule has 0 atom stereocenters. The van der Waals surface area contributed by atoms with E-state index in [-0.39, 0.29) is 11.4 Å². The monoisotopic (exact) mass is 325 g/mol. The molecule has 0 aliphatic rings. The molecule has 0 aliphatic carbocycles. The van der Waals surface area contributed by atoms with Gasteiger partial charge in [0.05, 0.1) is 5.75 Å². The maximum absolute atomic E-state index is 11.9. The van der Waals surface area contributed by atoms with Gasteiger partial charge in [0.2, 0.25) is 10.0 Å². The Balaban J connectivity index is 2.08. The van der Waals surface area contributed by atoms with E-state index in [4.69, 9.17) is 16.7 Å². The second kappa shape index (κ2) is 6.21. The number of nitrogens with one attached hydrogen (secondary N) is 1. The van der Waals surface area contributed by atoms with E-state index in [0.29, 0.717) is 16.3 Å². The lowest BCUT2D eigenvalue weighted by Gasteiger charge is -2.06. The number of nitrogens with zero attached hydrogens (tertiary/aromatic N) is 1. The van der Waals surface area contributed by atoms with Crippen LogP contribution in [0.25, 0.3) is 0 Å². The third-order valence-corrected chi connectivity index (χ3v) is 3.51. The number of hydrogen-bond acceptors (Lipinski definition) is 4. The quantitative estimate of drug-likeness (QED) is 0.894. The van der Waals surface area contributed by atoms with Gasteiger partial charge < -0.3 is 5.32 Å². The second-order valence-electron chi connectivity index (χ2n) is 4.32. The highest BCUT2D eigenvalue weighted by atomic mass is 35.5. The minimum atomic E-state index is -3.57. The van der Waals surface area contributed by atoms with Crippen LogP contribution in [0.4, 0.5) is 5.69 Å². The number of aromatic nitrogens is 1. The summed E-state index contributed by atoms with van der Waals surface area (Å²) in [6.07, 6.45) is 1.44. The predicted molar refractivity (Wildman–Crippen MR) is 80.5 cm³/mol. The number of sulfonamides is 1. The van der Waals surface area contributed by atoms with Gasteiger partial charge in [0.1, 0.15) is 5.69 Å². The summed E-state index contributed by atoms with van der Waals surface area (Å²) in [7, 11) is -3.57. The first-order chi connectivity index (χ1) is 9.83. The van der Waals surface area contributed by atoms with Crippen LogP contribution in [0.1, 0.15) is 16.1 Å². The molecule has 1 amide bonds. The molecule has 0 saturated heterocycles. The topological polar surface area (TPSA) is 102 Å². The number of hydrogen-bond donors (Lipinski definition) is 2. The highest BCUT2D eigenvalue weighted by molar-refractivity contribution is 7.88. The van der Waals surface area contributed by atoms with Gasteiger partial charge in [0, 0.05) is 16.9 Å². The Morgan fingerprint density at radius 2 is 1.90 bits per heavy atom. The van der Waals surface area contributed by atoms with Crippen LogP contribution in [0.2, 0.25) is 5.02 Å². The van der Waals surface area contributed by atoms with Crippen LogP contribution in [-0.2, 0) is 15.8 Å². The van der Waals surface area contributed by atoms with E-state index < -0.39 is 15.9 Å². The fraction of sp³-hybridized carbons (Fsp3) is 0.0769. The minimum Gasteiger partial charge on any atom is -0.321 e. The van der Waals surface area contributed by atoms with Crippen LogP contribution in [0.15, 0.2) is 42.6 Å². The highest BCUT2D eigenvalue weighted by Gasteiger charge is 2.09. The van der Waals surface area contributed by atoms with Crippen LogP contribution >= 0.6 is 11.6 Å². The number of halogens is 1. The van der Waals surface area contributed by atoms with Crippen molar-refractivity contribution in [1.29, 1.82) is 0 Å². The summed E-state index contributed by atoms with van der Waals surface area (Å²) in [5.41, 5.74) is 1.24. The lowest BCUT2D eigenvalue weighted by molar-refractivity contribution is 0.102. The predicted octanol–water partition coefficient (Wildman–Crippen LogP) is 1.78. The van der Waals surface area contributed by atoms with Gasteiger partial charge in [-0.2, -0.15) is 0 Å². The van der Waals surface area contributed by atoms with Crippen molar-refractivity contribution in [1.82, 2.24) is 4.98 Å². The van der Waals surface area contributed by atoms with Crippen LogP contribution in [-0.4, -0.2) is 19.3 Å². The van der Waals surface area contributed by atoms with E-state index in [0.717, 1.165) is 0 Å². The summed E-state index contributed by atoms with van der Waals surface area (Å²) in [5, 5.41) is 8.01. The first-order valence-corrected chi connectivity index (χ1v) is 7.95. The molecule has 2 rings (SSSR count). The molecule has 1 aromatic carbocycles. The molecule has 2 aromatic rings. The van der Waals surface area contributed by atoms with Crippen LogP contribution in [0.3, 0.4) is 0 Å². The molecule has 8 heteroatoms. The normalized spacial score (nSPS) is 11.1. The summed E-state index contributed by atoms with van der Waals surface area (Å²) >= 11 is 5.79. The molecule has 1 heterocycles. The number of primary sulfonamides is 1. The average Bonchev–Trinajstić information content (AvgIpc) is 2.39. The van der Waals surface area contributed by atoms with E-state index in [2.05, 4.69) is 10.3 Å². The largest absolute Gasteiger partial charge is 0.321 e. The smallest absolute Gasteiger partial charge is 0.274 e. The Hall–Kier alpha value is -1.96. The maximum atomic E-state index is 11.9. The van der Waals surface area contributed by atoms with E-state index in [9.17, 15) is 13.2 Å². The van der Waals surface area contributed by atoms with Crippen LogP contribution < -0.4 is 10.5 Å². The molecule has 0 aliphatic heterocycles. The summed E-state index contributed by atoms with van der Waals surface area (Å²) in [4.78, 5) is 15.8. The third-order valence-electron chi connectivity index (χ3n) is 2.53. The number of carbonyl (C=O) groups excluding carboxylic acids is 1. The van der Waals surface area contributed by atoms with Crippen molar-refractivity contribution in [3.05, 3.63) is 58.9 Å². The zero-order valence-electron chi connectivity index (χ0n) is 10.8. The van der Waals surface area contributed by atoms with Gasteiger partial charge in [-0.25, -0.2) is 13.6 Å². The lowest BCUT2D eigenvalue weighted by atomic mass is 10.2. The standard InChI is InChI=1S/C13H12ClN3O3S/c14-10-5-6-16-12(7-10)13(18)17-11-3-1-9(2-4-11)8-21(15,19)20/h1-7H,8H2,(H,17,18)(H2,15,19,20). The molecule has 0 bridgehead atoms. The zero-order valence-corrected chi connectivity index (χ0v) is 12.4. The van der Waals surface area contributed by atoms with Crippen molar-refractivity contribution in [2.75, 3.05) is 5.32 Å². The summed E-state index contributed by atoms with van der Waals surface area (Å²) in [6, 6.07) is 9.34. The Morgan fingerprint density at radius 3 is 2.48 bits per heavy atom. The Labute approximate surface area is 127 Å². The van der Waals surface area contributed by atoms with Crippen molar-refractivity contribution in [3.63, 3.8) is 0 Å². The van der Waals surface area contributed by atoms with Gasteiger partial charge in [-0.05, 0) is 29.8 Å². The average molecular weight is 326 g/mol. The van der Waals surface area contributed by atoms with Crippen LogP contribution in [0.5, 0.6) is 0 Å². The van der Waals surface area contributed by atoms with Gasteiger partial charge in [0.25, 0.3) is 5.91 Å². The number of benzene rings is 1. The number of anilines is 1. The molecule has 0 saturated carbocycles.